The van der Waals surface area contributed by atoms with Crippen LogP contribution in [0.3, 0.4) is 0 Å². The van der Waals surface area contributed by atoms with Gasteiger partial charge in [-0.05, 0) is 36.3 Å². The van der Waals surface area contributed by atoms with E-state index in [4.69, 9.17) is 23.8 Å². The van der Waals surface area contributed by atoms with Crippen molar-refractivity contribution in [1.82, 2.24) is 0 Å². The molecule has 0 bridgehead atoms. The zero-order chi connectivity index (χ0) is 17.3. The number of thioether (sulfide) groups is 1. The summed E-state index contributed by atoms with van der Waals surface area (Å²) in [6, 6.07) is 12.0. The number of carbonyl (C=O) groups excluding carboxylic acids is 1. The topological polar surface area (TPSA) is 20.3 Å². The molecule has 0 aliphatic carbocycles. The molecule has 6 heteroatoms. The Morgan fingerprint density at radius 3 is 2.71 bits per heavy atom. The molecule has 1 aliphatic rings. The van der Waals surface area contributed by atoms with E-state index < -0.39 is 5.82 Å². The molecule has 2 aromatic carbocycles. The molecule has 0 unspecified atom stereocenters. The first-order valence-corrected chi connectivity index (χ1v) is 8.93. The summed E-state index contributed by atoms with van der Waals surface area (Å²) in [6.07, 6.45) is 2.25. The number of aryl methyl sites for hydroxylation is 1. The van der Waals surface area contributed by atoms with Gasteiger partial charge in [-0.15, -0.1) is 0 Å². The minimum atomic E-state index is -0.471. The molecular weight excluding hydrogens is 365 g/mol. The lowest BCUT2D eigenvalue weighted by Crippen LogP contribution is -2.28. The summed E-state index contributed by atoms with van der Waals surface area (Å²) < 4.78 is 14.4. The molecule has 1 amide bonds. The molecule has 2 nitrogen and oxygen atoms in total. The number of hydrogen-bond acceptors (Lipinski definition) is 3. The smallest absolute Gasteiger partial charge is 0.268 e. The van der Waals surface area contributed by atoms with Crippen LogP contribution in [-0.4, -0.2) is 10.2 Å². The monoisotopic (exact) mass is 377 g/mol. The molecule has 1 saturated heterocycles. The zero-order valence-corrected chi connectivity index (χ0v) is 15.1. The van der Waals surface area contributed by atoms with E-state index in [0.29, 0.717) is 9.23 Å². The van der Waals surface area contributed by atoms with Crippen LogP contribution in [0.4, 0.5) is 10.1 Å². The predicted octanol–water partition coefficient (Wildman–Crippen LogP) is 5.45. The summed E-state index contributed by atoms with van der Waals surface area (Å²) in [4.78, 5) is 14.7. The van der Waals surface area contributed by atoms with Crippen molar-refractivity contribution < 1.29 is 9.18 Å². The van der Waals surface area contributed by atoms with E-state index in [9.17, 15) is 9.18 Å². The second-order valence-corrected chi connectivity index (χ2v) is 7.22. The Bertz CT molecular complexity index is 846. The Morgan fingerprint density at radius 1 is 1.25 bits per heavy atom. The van der Waals surface area contributed by atoms with Crippen molar-refractivity contribution in [2.75, 3.05) is 4.90 Å². The lowest BCUT2D eigenvalue weighted by molar-refractivity contribution is -0.113. The number of carbonyl (C=O) groups is 1. The fourth-order valence-electron chi connectivity index (χ4n) is 2.48. The molecule has 3 rings (SSSR count). The summed E-state index contributed by atoms with van der Waals surface area (Å²) in [6.45, 7) is 2.02. The minimum Gasteiger partial charge on any atom is -0.268 e. The Balaban J connectivity index is 2.02. The highest BCUT2D eigenvalue weighted by atomic mass is 35.5. The van der Waals surface area contributed by atoms with Crippen LogP contribution < -0.4 is 4.90 Å². The summed E-state index contributed by atoms with van der Waals surface area (Å²) >= 11 is 12.6. The van der Waals surface area contributed by atoms with E-state index in [-0.39, 0.29) is 16.5 Å². The van der Waals surface area contributed by atoms with Gasteiger partial charge >= 0.3 is 0 Å². The minimum absolute atomic E-state index is 0.198. The second kappa shape index (κ2) is 7.05. The highest BCUT2D eigenvalue weighted by Crippen LogP contribution is 2.38. The number of benzene rings is 2. The molecule has 1 heterocycles. The van der Waals surface area contributed by atoms with Crippen LogP contribution in [0, 0.1) is 5.82 Å². The Labute approximate surface area is 154 Å². The number of amides is 1. The molecule has 0 radical (unpaired) electrons. The maximum absolute atomic E-state index is 14.0. The predicted molar refractivity (Wildman–Crippen MR) is 103 cm³/mol. The van der Waals surface area contributed by atoms with E-state index in [1.54, 1.807) is 6.07 Å². The van der Waals surface area contributed by atoms with Crippen LogP contribution >= 0.6 is 35.6 Å². The van der Waals surface area contributed by atoms with Gasteiger partial charge in [0.05, 0.1) is 15.6 Å². The van der Waals surface area contributed by atoms with Crippen LogP contribution in [0.5, 0.6) is 0 Å². The lowest BCUT2D eigenvalue weighted by atomic mass is 10.1. The van der Waals surface area contributed by atoms with E-state index in [1.165, 1.54) is 23.1 Å². The first-order chi connectivity index (χ1) is 11.5. The molecular formula is C18H13ClFNOS2. The number of para-hydroxylation sites is 1. The quantitative estimate of drug-likeness (QED) is 0.524. The number of hydrogen-bond donors (Lipinski definition) is 0. The normalized spacial score (nSPS) is 16.3. The van der Waals surface area contributed by atoms with Gasteiger partial charge in [0.1, 0.15) is 5.82 Å². The fourth-order valence-corrected chi connectivity index (χ4v) is 3.97. The van der Waals surface area contributed by atoms with Crippen LogP contribution in [-0.2, 0) is 11.2 Å². The lowest BCUT2D eigenvalue weighted by Gasteiger charge is -2.18. The SMILES string of the molecule is CCc1ccccc1N1C(=O)C(=Cc2c(F)cccc2Cl)SC1=S. The summed E-state index contributed by atoms with van der Waals surface area (Å²) in [5.74, 6) is -0.730. The average Bonchev–Trinajstić information content (AvgIpc) is 2.85. The molecule has 24 heavy (non-hydrogen) atoms. The molecule has 0 aromatic heterocycles. The van der Waals surface area contributed by atoms with Crippen molar-refractivity contribution in [1.29, 1.82) is 0 Å². The van der Waals surface area contributed by atoms with Crippen LogP contribution in [0.2, 0.25) is 5.02 Å². The van der Waals surface area contributed by atoms with Crippen molar-refractivity contribution in [2.24, 2.45) is 0 Å². The van der Waals surface area contributed by atoms with E-state index in [0.717, 1.165) is 29.4 Å². The van der Waals surface area contributed by atoms with Crippen molar-refractivity contribution in [3.63, 3.8) is 0 Å². The maximum Gasteiger partial charge on any atom is 0.270 e. The van der Waals surface area contributed by atoms with Crippen LogP contribution in [0.15, 0.2) is 47.4 Å². The number of thiocarbonyl (C=S) groups is 1. The Hall–Kier alpha value is -1.69. The van der Waals surface area contributed by atoms with Gasteiger partial charge < -0.3 is 0 Å². The highest BCUT2D eigenvalue weighted by molar-refractivity contribution is 8.27. The van der Waals surface area contributed by atoms with Gasteiger partial charge in [0, 0.05) is 5.56 Å². The van der Waals surface area contributed by atoms with Crippen molar-refractivity contribution in [3.8, 4) is 0 Å². The van der Waals surface area contributed by atoms with E-state index in [1.807, 2.05) is 31.2 Å². The third kappa shape index (κ3) is 3.11. The van der Waals surface area contributed by atoms with Gasteiger partial charge in [0.25, 0.3) is 5.91 Å². The van der Waals surface area contributed by atoms with Gasteiger partial charge in [-0.3, -0.25) is 9.69 Å². The van der Waals surface area contributed by atoms with E-state index in [2.05, 4.69) is 0 Å². The number of rotatable bonds is 3. The maximum atomic E-state index is 14.0. The van der Waals surface area contributed by atoms with Gasteiger partial charge in [0.15, 0.2) is 4.32 Å². The highest BCUT2D eigenvalue weighted by Gasteiger charge is 2.34. The molecule has 1 aliphatic heterocycles. The number of anilines is 1. The van der Waals surface area contributed by atoms with Gasteiger partial charge in [-0.2, -0.15) is 0 Å². The fraction of sp³-hybridized carbons (Fsp3) is 0.111. The van der Waals surface area contributed by atoms with Gasteiger partial charge in [0.2, 0.25) is 0 Å². The van der Waals surface area contributed by atoms with Crippen LogP contribution in [0.1, 0.15) is 18.1 Å². The second-order valence-electron chi connectivity index (χ2n) is 5.13. The van der Waals surface area contributed by atoms with Crippen LogP contribution in [0.25, 0.3) is 6.08 Å². The average molecular weight is 378 g/mol. The summed E-state index contributed by atoms with van der Waals surface area (Å²) in [5, 5.41) is 0.259. The molecule has 0 spiro atoms. The largest absolute Gasteiger partial charge is 0.270 e. The number of halogens is 2. The molecule has 122 valence electrons. The molecule has 2 aromatic rings. The molecule has 0 atom stereocenters. The Kier molecular flexibility index (Phi) is 5.04. The third-order valence-corrected chi connectivity index (χ3v) is 5.31. The van der Waals surface area contributed by atoms with Crippen molar-refractivity contribution >= 4 is 57.6 Å². The van der Waals surface area contributed by atoms with Gasteiger partial charge in [-0.25, -0.2) is 4.39 Å². The third-order valence-electron chi connectivity index (χ3n) is 3.68. The Morgan fingerprint density at radius 2 is 2.00 bits per heavy atom. The van der Waals surface area contributed by atoms with Gasteiger partial charge in [-0.1, -0.05) is 66.8 Å². The molecule has 1 fully saturated rings. The van der Waals surface area contributed by atoms with Crippen molar-refractivity contribution in [3.05, 3.63) is 69.3 Å². The first-order valence-electron chi connectivity index (χ1n) is 7.32. The molecule has 0 N–H and O–H groups in total. The van der Waals surface area contributed by atoms with E-state index >= 15 is 0 Å². The summed E-state index contributed by atoms with van der Waals surface area (Å²) in [5.41, 5.74) is 1.99. The number of nitrogens with zero attached hydrogens (tertiary/aromatic N) is 1. The first kappa shape index (κ1) is 17.1. The standard InChI is InChI=1S/C18H13ClFNOS2/c1-2-11-6-3-4-9-15(11)21-17(22)16(24-18(21)23)10-12-13(19)7-5-8-14(12)20/h3-10H,2H2,1H3. The summed E-state index contributed by atoms with van der Waals surface area (Å²) in [7, 11) is 0. The zero-order valence-electron chi connectivity index (χ0n) is 12.8. The van der Waals surface area contributed by atoms with Crippen molar-refractivity contribution in [2.45, 2.75) is 13.3 Å². The molecule has 0 saturated carbocycles.